The second kappa shape index (κ2) is 4.86. The molecular formula is C11H12F3NO5S. The van der Waals surface area contributed by atoms with Crippen LogP contribution in [0.15, 0.2) is 17.0 Å². The van der Waals surface area contributed by atoms with Gasteiger partial charge in [-0.15, -0.1) is 0 Å². The quantitative estimate of drug-likeness (QED) is 0.665. The Kier molecular flexibility index (Phi) is 3.99. The molecule has 0 aliphatic rings. The van der Waals surface area contributed by atoms with Gasteiger partial charge in [-0.1, -0.05) is 20.8 Å². The summed E-state index contributed by atoms with van der Waals surface area (Å²) in [6, 6.07) is 1.50. The summed E-state index contributed by atoms with van der Waals surface area (Å²) in [5, 5.41) is 20.5. The molecule has 1 rings (SSSR count). The van der Waals surface area contributed by atoms with Crippen molar-refractivity contribution < 1.29 is 31.6 Å². The van der Waals surface area contributed by atoms with Crippen molar-refractivity contribution in [2.75, 3.05) is 0 Å². The highest BCUT2D eigenvalue weighted by Gasteiger charge is 2.51. The molecule has 0 fully saturated rings. The third-order valence-corrected chi connectivity index (χ3v) is 4.25. The average molecular weight is 327 g/mol. The molecule has 6 nitrogen and oxygen atoms in total. The van der Waals surface area contributed by atoms with Crippen LogP contribution in [-0.2, 0) is 15.3 Å². The van der Waals surface area contributed by atoms with Crippen molar-refractivity contribution in [3.63, 3.8) is 0 Å². The summed E-state index contributed by atoms with van der Waals surface area (Å²) >= 11 is 0. The number of halogens is 3. The second-order valence-corrected chi connectivity index (χ2v) is 7.18. The number of phenolic OH excluding ortho intramolecular Hbond substituents is 1. The highest BCUT2D eigenvalue weighted by molar-refractivity contribution is 7.92. The van der Waals surface area contributed by atoms with Crippen LogP contribution >= 0.6 is 0 Å². The number of nitro benzene ring substituents is 1. The van der Waals surface area contributed by atoms with Crippen LogP contribution in [0.5, 0.6) is 5.75 Å². The molecule has 1 aromatic rings. The van der Waals surface area contributed by atoms with Crippen LogP contribution in [0.4, 0.5) is 18.9 Å². The molecule has 21 heavy (non-hydrogen) atoms. The van der Waals surface area contributed by atoms with Gasteiger partial charge in [-0.3, -0.25) is 10.1 Å². The molecule has 0 aliphatic heterocycles. The van der Waals surface area contributed by atoms with Gasteiger partial charge in [-0.2, -0.15) is 13.2 Å². The van der Waals surface area contributed by atoms with Gasteiger partial charge in [-0.25, -0.2) is 8.42 Å². The van der Waals surface area contributed by atoms with Crippen LogP contribution in [0.25, 0.3) is 0 Å². The topological polar surface area (TPSA) is 97.5 Å². The van der Waals surface area contributed by atoms with E-state index in [0.29, 0.717) is 0 Å². The number of benzene rings is 1. The molecule has 0 atom stereocenters. The summed E-state index contributed by atoms with van der Waals surface area (Å²) in [5.41, 5.74) is -7.66. The highest BCUT2D eigenvalue weighted by Crippen LogP contribution is 2.42. The van der Waals surface area contributed by atoms with Crippen LogP contribution in [-0.4, -0.2) is 24.0 Å². The molecule has 1 N–H and O–H groups in total. The van der Waals surface area contributed by atoms with E-state index in [2.05, 4.69) is 0 Å². The molecule has 0 unspecified atom stereocenters. The van der Waals surface area contributed by atoms with Gasteiger partial charge in [0, 0.05) is 6.07 Å². The van der Waals surface area contributed by atoms with Crippen LogP contribution in [0.3, 0.4) is 0 Å². The normalized spacial score (nSPS) is 13.2. The van der Waals surface area contributed by atoms with Gasteiger partial charge in [0.1, 0.15) is 5.75 Å². The Morgan fingerprint density at radius 3 is 2.00 bits per heavy atom. The molecule has 0 radical (unpaired) electrons. The lowest BCUT2D eigenvalue weighted by Crippen LogP contribution is -2.24. The molecule has 0 saturated carbocycles. The van der Waals surface area contributed by atoms with E-state index in [9.17, 15) is 36.8 Å². The average Bonchev–Trinajstić information content (AvgIpc) is 2.24. The fourth-order valence-corrected chi connectivity index (χ4v) is 2.53. The Morgan fingerprint density at radius 2 is 1.67 bits per heavy atom. The molecule has 0 heterocycles. The van der Waals surface area contributed by atoms with Crippen molar-refractivity contribution in [2.45, 2.75) is 36.6 Å². The number of hydrogen-bond acceptors (Lipinski definition) is 5. The highest BCUT2D eigenvalue weighted by atomic mass is 32.2. The van der Waals surface area contributed by atoms with E-state index < -0.39 is 42.0 Å². The van der Waals surface area contributed by atoms with Crippen molar-refractivity contribution in [1.82, 2.24) is 0 Å². The number of aromatic hydroxyl groups is 1. The van der Waals surface area contributed by atoms with Gasteiger partial charge in [0.15, 0.2) is 4.90 Å². The zero-order valence-electron chi connectivity index (χ0n) is 11.2. The van der Waals surface area contributed by atoms with Gasteiger partial charge >= 0.3 is 5.51 Å². The first-order valence-electron chi connectivity index (χ1n) is 5.53. The smallest absolute Gasteiger partial charge is 0.502 e. The lowest BCUT2D eigenvalue weighted by molar-refractivity contribution is -0.388. The first kappa shape index (κ1) is 17.2. The van der Waals surface area contributed by atoms with Gasteiger partial charge in [0.25, 0.3) is 15.5 Å². The zero-order valence-corrected chi connectivity index (χ0v) is 12.0. The van der Waals surface area contributed by atoms with Crippen molar-refractivity contribution in [3.8, 4) is 5.75 Å². The first-order valence-corrected chi connectivity index (χ1v) is 7.01. The molecule has 0 aliphatic carbocycles. The van der Waals surface area contributed by atoms with Crippen molar-refractivity contribution in [3.05, 3.63) is 27.8 Å². The maximum absolute atomic E-state index is 12.6. The van der Waals surface area contributed by atoms with Gasteiger partial charge in [0.2, 0.25) is 0 Å². The van der Waals surface area contributed by atoms with E-state index >= 15 is 0 Å². The maximum atomic E-state index is 12.6. The molecular weight excluding hydrogens is 315 g/mol. The fourth-order valence-electron chi connectivity index (χ4n) is 1.56. The standard InChI is InChI=1S/C11H12F3NO5S/c1-10(2,3)6-4-7(15(17)18)9(8(16)5-6)21(19,20)11(12,13)14/h4-5,16H,1-3H3. The van der Waals surface area contributed by atoms with Gasteiger partial charge in [0.05, 0.1) is 4.92 Å². The third kappa shape index (κ3) is 3.09. The lowest BCUT2D eigenvalue weighted by Gasteiger charge is -2.20. The minimum absolute atomic E-state index is 0.132. The van der Waals surface area contributed by atoms with Crippen LogP contribution < -0.4 is 0 Å². The number of phenols is 1. The Labute approximate surface area is 118 Å². The molecule has 0 spiro atoms. The Hall–Kier alpha value is -1.84. The minimum Gasteiger partial charge on any atom is -0.506 e. The van der Waals surface area contributed by atoms with Crippen molar-refractivity contribution >= 4 is 15.5 Å². The molecule has 1 aromatic carbocycles. The predicted octanol–water partition coefficient (Wildman–Crippen LogP) is 2.89. The summed E-state index contributed by atoms with van der Waals surface area (Å²) < 4.78 is 60.4. The molecule has 10 heteroatoms. The molecule has 0 amide bonds. The van der Waals surface area contributed by atoms with Crippen LogP contribution in [0, 0.1) is 10.1 Å². The molecule has 0 bridgehead atoms. The number of nitrogens with zero attached hydrogens (tertiary/aromatic N) is 1. The molecule has 0 saturated heterocycles. The fraction of sp³-hybridized carbons (Fsp3) is 0.455. The van der Waals surface area contributed by atoms with E-state index in [0.717, 1.165) is 12.1 Å². The summed E-state index contributed by atoms with van der Waals surface area (Å²) in [5.74, 6) is -1.30. The number of sulfone groups is 1. The predicted molar refractivity (Wildman–Crippen MR) is 66.7 cm³/mol. The summed E-state index contributed by atoms with van der Waals surface area (Å²) in [4.78, 5) is 7.88. The molecule has 0 aromatic heterocycles. The minimum atomic E-state index is -6.04. The van der Waals surface area contributed by atoms with Crippen LogP contribution in [0.1, 0.15) is 26.3 Å². The summed E-state index contributed by atoms with van der Waals surface area (Å²) in [6.07, 6.45) is 0. The van der Waals surface area contributed by atoms with E-state index in [1.165, 1.54) is 0 Å². The number of nitro groups is 1. The summed E-state index contributed by atoms with van der Waals surface area (Å²) in [7, 11) is -6.04. The monoisotopic (exact) mass is 327 g/mol. The Bertz CT molecular complexity index is 689. The Balaban J connectivity index is 3.82. The van der Waals surface area contributed by atoms with E-state index in [-0.39, 0.29) is 5.56 Å². The Morgan fingerprint density at radius 1 is 1.19 bits per heavy atom. The van der Waals surface area contributed by atoms with Crippen molar-refractivity contribution in [1.29, 1.82) is 0 Å². The second-order valence-electron chi connectivity index (χ2n) is 5.30. The lowest BCUT2D eigenvalue weighted by atomic mass is 9.86. The zero-order chi connectivity index (χ0) is 16.8. The molecule has 118 valence electrons. The maximum Gasteiger partial charge on any atom is 0.502 e. The van der Waals surface area contributed by atoms with Crippen molar-refractivity contribution in [2.24, 2.45) is 0 Å². The number of hydrogen-bond donors (Lipinski definition) is 1. The number of alkyl halides is 3. The van der Waals surface area contributed by atoms with E-state index in [4.69, 9.17) is 0 Å². The number of rotatable bonds is 2. The van der Waals surface area contributed by atoms with E-state index in [1.54, 1.807) is 20.8 Å². The largest absolute Gasteiger partial charge is 0.506 e. The van der Waals surface area contributed by atoms with E-state index in [1.807, 2.05) is 0 Å². The summed E-state index contributed by atoms with van der Waals surface area (Å²) in [6.45, 7) is 4.80. The third-order valence-electron chi connectivity index (χ3n) is 2.69. The SMILES string of the molecule is CC(C)(C)c1cc(O)c(S(=O)(=O)C(F)(F)F)c([N+](=O)[O-])c1. The van der Waals surface area contributed by atoms with Crippen LogP contribution in [0.2, 0.25) is 0 Å². The van der Waals surface area contributed by atoms with Gasteiger partial charge in [-0.05, 0) is 17.0 Å². The first-order chi connectivity index (χ1) is 9.19. The van der Waals surface area contributed by atoms with Gasteiger partial charge < -0.3 is 5.11 Å².